The van der Waals surface area contributed by atoms with Gasteiger partial charge in [0.1, 0.15) is 0 Å². The van der Waals surface area contributed by atoms with Crippen molar-refractivity contribution in [2.45, 2.75) is 20.8 Å². The summed E-state index contributed by atoms with van der Waals surface area (Å²) >= 11 is 1.81. The lowest BCUT2D eigenvalue weighted by Gasteiger charge is -2.24. The smallest absolute Gasteiger partial charge is 0.219 e. The van der Waals surface area contributed by atoms with Crippen molar-refractivity contribution in [1.29, 1.82) is 0 Å². The van der Waals surface area contributed by atoms with E-state index in [2.05, 4.69) is 48.8 Å². The average molecular weight is 735 g/mol. The molecule has 0 saturated carbocycles. The number of halogens is 3. The number of piperazine rings is 1. The van der Waals surface area contributed by atoms with Crippen molar-refractivity contribution < 1.29 is 28.8 Å². The van der Waals surface area contributed by atoms with Gasteiger partial charge in [0, 0.05) is 19.1 Å². The van der Waals surface area contributed by atoms with Crippen LogP contribution in [0.2, 0.25) is 0 Å². The van der Waals surface area contributed by atoms with E-state index in [0.717, 1.165) is 37.4 Å². The lowest BCUT2D eigenvalue weighted by molar-refractivity contribution is -0.129. The molecule has 0 unspecified atom stereocenters. The van der Waals surface area contributed by atoms with Crippen molar-refractivity contribution in [3.05, 3.63) is 46.8 Å². The van der Waals surface area contributed by atoms with E-state index in [4.69, 9.17) is 4.98 Å². The Balaban J connectivity index is 0.00000131. The lowest BCUT2D eigenvalue weighted by atomic mass is 10.1. The van der Waals surface area contributed by atoms with E-state index in [1.807, 2.05) is 16.2 Å². The quantitative estimate of drug-likeness (QED) is 0.196. The summed E-state index contributed by atoms with van der Waals surface area (Å²) in [7, 11) is 0. The highest BCUT2D eigenvalue weighted by Gasteiger charge is 2.22. The van der Waals surface area contributed by atoms with Crippen molar-refractivity contribution in [2.75, 3.05) is 26.2 Å². The van der Waals surface area contributed by atoms with Gasteiger partial charge in [-0.1, -0.05) is 12.1 Å². The molecular weight excluding hydrogens is 711 g/mol. The first kappa shape index (κ1) is 26.0. The molecule has 0 atom stereocenters. The molecular formula is C20H24I3N3OS. The number of para-hydroxylation sites is 1. The summed E-state index contributed by atoms with van der Waals surface area (Å²) in [4.78, 5) is 19.6. The molecule has 0 radical (unpaired) electrons. The zero-order valence-electron chi connectivity index (χ0n) is 16.1. The molecule has 0 bridgehead atoms. The number of amides is 1. The Hall–Kier alpha value is -0.0800. The van der Waals surface area contributed by atoms with E-state index < -0.39 is 0 Å². The standard InChI is InChI=1S/C20H22N3OS.3HI/c1-13-5-4-6-17-19(13)21-20-14(2)11-16(12-18(20)25-17)23-9-7-22(8-10-23)15(3)24;;;/h4-6,11-12H,7-10H2,1-3H3;3*1H/q+1;;;/p-1. The fraction of sp³-hybridized carbons (Fsp3) is 0.350. The number of fused-ring (bicyclic) bond motifs is 2. The molecule has 1 aromatic carbocycles. The number of hydrogen-bond acceptors (Lipinski definition) is 3. The average Bonchev–Trinajstić information content (AvgIpc) is 2.61. The molecule has 3 aliphatic rings. The van der Waals surface area contributed by atoms with E-state index in [9.17, 15) is 4.79 Å². The highest BCUT2D eigenvalue weighted by Crippen LogP contribution is 2.32. The normalized spacial score (nSPS) is 13.5. The molecule has 8 heteroatoms. The summed E-state index contributed by atoms with van der Waals surface area (Å²) in [6.45, 7) is 9.27. The molecule has 152 valence electrons. The molecule has 2 aliphatic heterocycles. The van der Waals surface area contributed by atoms with Gasteiger partial charge in [0.05, 0.1) is 33.9 Å². The van der Waals surface area contributed by atoms with Crippen molar-refractivity contribution >= 4 is 75.4 Å². The minimum Gasteiger partial charge on any atom is -1.00 e. The van der Waals surface area contributed by atoms with E-state index in [1.165, 1.54) is 26.1 Å². The molecule has 1 amide bonds. The van der Waals surface area contributed by atoms with Crippen molar-refractivity contribution in [3.8, 4) is 10.6 Å². The molecule has 0 N–H and O–H groups in total. The third kappa shape index (κ3) is 5.15. The number of benzene rings is 2. The topological polar surface area (TPSA) is 36.2 Å². The third-order valence-corrected chi connectivity index (χ3v) is 6.07. The molecule has 1 saturated heterocycles. The lowest BCUT2D eigenvalue weighted by Crippen LogP contribution is -3.00. The Bertz CT molecular complexity index is 1020. The van der Waals surface area contributed by atoms with E-state index in [-0.39, 0.29) is 77.8 Å². The van der Waals surface area contributed by atoms with Crippen molar-refractivity contribution in [1.82, 2.24) is 14.5 Å². The van der Waals surface area contributed by atoms with E-state index in [0.29, 0.717) is 0 Å². The second-order valence-corrected chi connectivity index (χ2v) is 7.82. The maximum absolute atomic E-state index is 11.5. The Kier molecular flexibility index (Phi) is 10.0. The van der Waals surface area contributed by atoms with Crippen LogP contribution in [0.5, 0.6) is 0 Å². The number of rotatable bonds is 0. The Labute approximate surface area is 220 Å². The van der Waals surface area contributed by atoms with Crippen LogP contribution in [0.25, 0.3) is 20.8 Å². The van der Waals surface area contributed by atoms with Crippen molar-refractivity contribution in [3.63, 3.8) is 0 Å². The van der Waals surface area contributed by atoms with E-state index in [1.54, 1.807) is 6.92 Å². The zero-order valence-corrected chi connectivity index (χ0v) is 23.7. The van der Waals surface area contributed by atoms with Gasteiger partial charge >= 0.3 is 0 Å². The molecule has 1 fully saturated rings. The number of hydrogen-bond donors (Lipinski definition) is 0. The van der Waals surface area contributed by atoms with Crippen LogP contribution >= 0.6 is 59.3 Å². The van der Waals surface area contributed by atoms with E-state index >= 15 is 0 Å². The number of carbonyl (C=O) groups is 1. The van der Waals surface area contributed by atoms with Gasteiger partial charge in [-0.2, -0.15) is 0 Å². The minimum atomic E-state index is 0. The fourth-order valence-electron chi connectivity index (χ4n) is 3.50. The Morgan fingerprint density at radius 3 is 2.43 bits per heavy atom. The molecule has 1 aliphatic carbocycles. The largest absolute Gasteiger partial charge is 1.00 e. The SMILES string of the molecule is CC(=O)N1CC[N+](=c2cc3sc4cccc(C)c4nc-3c(C)c2)CC1.I.I.[I-]. The molecule has 0 aromatic heterocycles. The molecule has 0 spiro atoms. The minimum absolute atomic E-state index is 0. The van der Waals surface area contributed by atoms with Crippen LogP contribution in [0, 0.1) is 13.8 Å². The van der Waals surface area contributed by atoms with Crippen molar-refractivity contribution in [2.24, 2.45) is 0 Å². The number of nitrogens with zero attached hydrogens (tertiary/aromatic N) is 3. The van der Waals surface area contributed by atoms with Crippen LogP contribution in [0.4, 0.5) is 0 Å². The van der Waals surface area contributed by atoms with Crippen LogP contribution in [0.3, 0.4) is 0 Å². The maximum Gasteiger partial charge on any atom is 0.219 e. The second kappa shape index (κ2) is 10.8. The summed E-state index contributed by atoms with van der Waals surface area (Å²) in [5, 5.41) is 1.23. The van der Waals surface area contributed by atoms with Crippen LogP contribution < -0.4 is 33.9 Å². The molecule has 4 nitrogen and oxygen atoms in total. The van der Waals surface area contributed by atoms with Crippen LogP contribution in [-0.4, -0.2) is 42.0 Å². The number of aromatic nitrogens is 1. The first-order valence-corrected chi connectivity index (χ1v) is 9.49. The van der Waals surface area contributed by atoms with Gasteiger partial charge in [-0.25, -0.2) is 9.56 Å². The van der Waals surface area contributed by atoms with Gasteiger partial charge in [0.25, 0.3) is 0 Å². The third-order valence-electron chi connectivity index (χ3n) is 4.98. The first-order chi connectivity index (χ1) is 12.0. The van der Waals surface area contributed by atoms with Gasteiger partial charge in [-0.05, 0) is 31.0 Å². The van der Waals surface area contributed by atoms with Gasteiger partial charge in [0.2, 0.25) is 11.3 Å². The summed E-state index contributed by atoms with van der Waals surface area (Å²) in [5.74, 6) is 0.169. The second-order valence-electron chi connectivity index (χ2n) is 6.74. The summed E-state index contributed by atoms with van der Waals surface area (Å²) in [5.41, 5.74) is 4.63. The fourth-order valence-corrected chi connectivity index (χ4v) is 4.67. The Morgan fingerprint density at radius 1 is 1.11 bits per heavy atom. The van der Waals surface area contributed by atoms with Crippen LogP contribution in [-0.2, 0) is 4.79 Å². The van der Waals surface area contributed by atoms with Gasteiger partial charge in [0.15, 0.2) is 13.1 Å². The predicted octanol–water partition coefficient (Wildman–Crippen LogP) is 0.892. The predicted molar refractivity (Wildman–Crippen MR) is 134 cm³/mol. The molecule has 2 heterocycles. The molecule has 1 aromatic rings. The van der Waals surface area contributed by atoms with Gasteiger partial charge in [-0.3, -0.25) is 4.79 Å². The zero-order chi connectivity index (χ0) is 17.6. The first-order valence-electron chi connectivity index (χ1n) is 8.67. The highest BCUT2D eigenvalue weighted by atomic mass is 127. The monoisotopic (exact) mass is 735 g/mol. The van der Waals surface area contributed by atoms with Gasteiger partial charge in [-0.15, -0.1) is 59.3 Å². The molecule has 4 rings (SSSR count). The Morgan fingerprint density at radius 2 is 1.79 bits per heavy atom. The van der Waals surface area contributed by atoms with Crippen LogP contribution in [0.1, 0.15) is 18.1 Å². The number of carbonyl (C=O) groups excluding carboxylic acids is 1. The number of aryl methyl sites for hydroxylation is 2. The summed E-state index contributed by atoms with van der Waals surface area (Å²) in [6, 6.07) is 10.8. The van der Waals surface area contributed by atoms with Crippen LogP contribution in [0.15, 0.2) is 30.3 Å². The molecule has 28 heavy (non-hydrogen) atoms. The van der Waals surface area contributed by atoms with Gasteiger partial charge < -0.3 is 28.9 Å². The maximum atomic E-state index is 11.5. The summed E-state index contributed by atoms with van der Waals surface area (Å²) in [6.07, 6.45) is 0. The summed E-state index contributed by atoms with van der Waals surface area (Å²) < 4.78 is 3.60. The highest BCUT2D eigenvalue weighted by molar-refractivity contribution is 14.0.